The average molecular weight is 490 g/mol. The molecule has 5 aromatic rings. The molecule has 0 aliphatic rings. The van der Waals surface area contributed by atoms with Crippen LogP contribution in [-0.2, 0) is 0 Å². The first-order valence-electron chi connectivity index (χ1n) is 11.9. The Morgan fingerprint density at radius 2 is 1.43 bits per heavy atom. The molecule has 6 heteroatoms. The van der Waals surface area contributed by atoms with Crippen LogP contribution in [0.25, 0.3) is 33.9 Å². The van der Waals surface area contributed by atoms with E-state index in [-0.39, 0.29) is 11.6 Å². The molecule has 0 spiro atoms. The number of methoxy groups -OCH3 is 1. The summed E-state index contributed by atoms with van der Waals surface area (Å²) >= 11 is 0. The highest BCUT2D eigenvalue weighted by atomic mass is 16.5. The second-order valence-corrected chi connectivity index (χ2v) is 8.70. The van der Waals surface area contributed by atoms with Crippen molar-refractivity contribution in [2.24, 2.45) is 0 Å². The zero-order chi connectivity index (χ0) is 25.8. The van der Waals surface area contributed by atoms with Crippen molar-refractivity contribution < 1.29 is 13.9 Å². The Hall–Kier alpha value is -4.84. The van der Waals surface area contributed by atoms with Gasteiger partial charge in [-0.3, -0.25) is 4.79 Å². The molecule has 0 aliphatic heterocycles. The standard InChI is InChI=1S/C31H27N3O3/c1-34(2)23-19-17-22(18-20-23)29-28(30(35)32-26-15-9-10-16-27(26)36-3)33-31(37-29)25-14-8-7-13-24(25)21-11-5-4-6-12-21/h4-20H,1-3H3,(H,32,35). The minimum atomic E-state index is -0.386. The van der Waals surface area contributed by atoms with Gasteiger partial charge in [0.2, 0.25) is 5.89 Å². The van der Waals surface area contributed by atoms with E-state index in [1.54, 1.807) is 19.2 Å². The molecule has 6 nitrogen and oxygen atoms in total. The van der Waals surface area contributed by atoms with E-state index in [1.807, 2.05) is 110 Å². The van der Waals surface area contributed by atoms with Crippen molar-refractivity contribution in [3.63, 3.8) is 0 Å². The number of carbonyl (C=O) groups excluding carboxylic acids is 1. The summed E-state index contributed by atoms with van der Waals surface area (Å²) in [5.74, 6) is 0.946. The van der Waals surface area contributed by atoms with Crippen LogP contribution in [0.4, 0.5) is 11.4 Å². The van der Waals surface area contributed by atoms with Crippen LogP contribution in [0.3, 0.4) is 0 Å². The highest BCUT2D eigenvalue weighted by molar-refractivity contribution is 6.07. The van der Waals surface area contributed by atoms with E-state index >= 15 is 0 Å². The van der Waals surface area contributed by atoms with Gasteiger partial charge in [0.05, 0.1) is 12.8 Å². The fourth-order valence-corrected chi connectivity index (χ4v) is 4.16. The van der Waals surface area contributed by atoms with Crippen LogP contribution in [0.15, 0.2) is 108 Å². The molecule has 37 heavy (non-hydrogen) atoms. The van der Waals surface area contributed by atoms with Crippen LogP contribution in [0, 0.1) is 0 Å². The molecule has 0 bridgehead atoms. The van der Waals surface area contributed by atoms with Gasteiger partial charge in [0.1, 0.15) is 5.75 Å². The van der Waals surface area contributed by atoms with E-state index < -0.39 is 0 Å². The van der Waals surface area contributed by atoms with Gasteiger partial charge >= 0.3 is 0 Å². The number of nitrogens with zero attached hydrogens (tertiary/aromatic N) is 2. The van der Waals surface area contributed by atoms with E-state index in [0.717, 1.165) is 27.9 Å². The Balaban J connectivity index is 1.62. The number of ether oxygens (including phenoxy) is 1. The summed E-state index contributed by atoms with van der Waals surface area (Å²) in [5.41, 5.74) is 5.35. The van der Waals surface area contributed by atoms with Crippen molar-refractivity contribution in [2.45, 2.75) is 0 Å². The molecule has 184 valence electrons. The Bertz CT molecular complexity index is 1520. The van der Waals surface area contributed by atoms with Crippen molar-refractivity contribution in [3.8, 4) is 39.7 Å². The number of para-hydroxylation sites is 2. The predicted octanol–water partition coefficient (Wildman–Crippen LogP) is 7.00. The number of hydrogen-bond acceptors (Lipinski definition) is 5. The smallest absolute Gasteiger partial charge is 0.278 e. The first-order chi connectivity index (χ1) is 18.0. The quantitative estimate of drug-likeness (QED) is 0.267. The third kappa shape index (κ3) is 4.95. The molecule has 0 fully saturated rings. The number of amides is 1. The third-order valence-corrected chi connectivity index (χ3v) is 6.09. The SMILES string of the molecule is COc1ccccc1NC(=O)c1nc(-c2ccccc2-c2ccccc2)oc1-c1ccc(N(C)C)cc1. The van der Waals surface area contributed by atoms with Crippen LogP contribution in [0.5, 0.6) is 5.75 Å². The maximum absolute atomic E-state index is 13.6. The van der Waals surface area contributed by atoms with Gasteiger partial charge in [-0.2, -0.15) is 0 Å². The lowest BCUT2D eigenvalue weighted by Gasteiger charge is -2.12. The molecule has 1 amide bonds. The summed E-state index contributed by atoms with van der Waals surface area (Å²) in [6.07, 6.45) is 0. The van der Waals surface area contributed by atoms with Crippen LogP contribution in [0.2, 0.25) is 0 Å². The number of carbonyl (C=O) groups is 1. The number of anilines is 2. The Labute approximate surface area is 216 Å². The largest absolute Gasteiger partial charge is 0.495 e. The summed E-state index contributed by atoms with van der Waals surface area (Å²) < 4.78 is 11.8. The van der Waals surface area contributed by atoms with E-state index in [4.69, 9.17) is 14.1 Å². The molecule has 1 aromatic heterocycles. The number of rotatable bonds is 7. The van der Waals surface area contributed by atoms with Gasteiger partial charge in [0.25, 0.3) is 5.91 Å². The highest BCUT2D eigenvalue weighted by Crippen LogP contribution is 2.36. The number of aromatic nitrogens is 1. The van der Waals surface area contributed by atoms with Crippen LogP contribution >= 0.6 is 0 Å². The van der Waals surface area contributed by atoms with Crippen molar-refractivity contribution in [3.05, 3.63) is 109 Å². The fraction of sp³-hybridized carbons (Fsp3) is 0.0968. The topological polar surface area (TPSA) is 67.6 Å². The second kappa shape index (κ2) is 10.4. The van der Waals surface area contributed by atoms with Crippen LogP contribution in [-0.4, -0.2) is 32.1 Å². The summed E-state index contributed by atoms with van der Waals surface area (Å²) in [5, 5.41) is 2.93. The Morgan fingerprint density at radius 1 is 0.784 bits per heavy atom. The van der Waals surface area contributed by atoms with E-state index in [0.29, 0.717) is 23.1 Å². The van der Waals surface area contributed by atoms with Gasteiger partial charge in [-0.1, -0.05) is 60.7 Å². The monoisotopic (exact) mass is 489 g/mol. The molecule has 0 atom stereocenters. The predicted molar refractivity (Wildman–Crippen MR) is 148 cm³/mol. The minimum Gasteiger partial charge on any atom is -0.495 e. The second-order valence-electron chi connectivity index (χ2n) is 8.70. The Kier molecular flexibility index (Phi) is 6.72. The molecular weight excluding hydrogens is 462 g/mol. The number of nitrogens with one attached hydrogen (secondary N) is 1. The fourth-order valence-electron chi connectivity index (χ4n) is 4.16. The lowest BCUT2D eigenvalue weighted by atomic mass is 10.00. The molecule has 0 saturated carbocycles. The molecule has 4 aromatic carbocycles. The van der Waals surface area contributed by atoms with Crippen molar-refractivity contribution >= 4 is 17.3 Å². The first-order valence-corrected chi connectivity index (χ1v) is 11.9. The summed E-state index contributed by atoms with van der Waals surface area (Å²) in [6, 6.07) is 33.0. The van der Waals surface area contributed by atoms with Gasteiger partial charge in [-0.25, -0.2) is 4.98 Å². The van der Waals surface area contributed by atoms with Gasteiger partial charge in [0.15, 0.2) is 11.5 Å². The number of benzene rings is 4. The van der Waals surface area contributed by atoms with Crippen molar-refractivity contribution in [2.75, 3.05) is 31.4 Å². The maximum Gasteiger partial charge on any atom is 0.278 e. The summed E-state index contributed by atoms with van der Waals surface area (Å²) in [4.78, 5) is 20.3. The number of hydrogen-bond donors (Lipinski definition) is 1. The molecule has 0 aliphatic carbocycles. The van der Waals surface area contributed by atoms with E-state index in [9.17, 15) is 4.79 Å². The zero-order valence-corrected chi connectivity index (χ0v) is 20.9. The molecule has 1 heterocycles. The van der Waals surface area contributed by atoms with Crippen LogP contribution in [0.1, 0.15) is 10.5 Å². The molecule has 0 saturated heterocycles. The molecule has 1 N–H and O–H groups in total. The zero-order valence-electron chi connectivity index (χ0n) is 20.9. The molecular formula is C31H27N3O3. The molecule has 0 radical (unpaired) electrons. The van der Waals surface area contributed by atoms with Gasteiger partial charge in [0, 0.05) is 30.9 Å². The van der Waals surface area contributed by atoms with E-state index in [1.165, 1.54) is 0 Å². The first kappa shape index (κ1) is 23.9. The third-order valence-electron chi connectivity index (χ3n) is 6.09. The highest BCUT2D eigenvalue weighted by Gasteiger charge is 2.24. The van der Waals surface area contributed by atoms with Crippen LogP contribution < -0.4 is 15.0 Å². The van der Waals surface area contributed by atoms with Gasteiger partial charge in [-0.15, -0.1) is 0 Å². The van der Waals surface area contributed by atoms with Gasteiger partial charge < -0.3 is 19.4 Å². The number of oxazole rings is 1. The normalized spacial score (nSPS) is 10.7. The van der Waals surface area contributed by atoms with E-state index in [2.05, 4.69) is 5.32 Å². The van der Waals surface area contributed by atoms with Crippen molar-refractivity contribution in [1.82, 2.24) is 4.98 Å². The maximum atomic E-state index is 13.6. The van der Waals surface area contributed by atoms with Crippen molar-refractivity contribution in [1.29, 1.82) is 0 Å². The lowest BCUT2D eigenvalue weighted by Crippen LogP contribution is -2.14. The summed E-state index contributed by atoms with van der Waals surface area (Å²) in [6.45, 7) is 0. The molecule has 0 unspecified atom stereocenters. The molecule has 5 rings (SSSR count). The minimum absolute atomic E-state index is 0.196. The average Bonchev–Trinajstić information content (AvgIpc) is 3.39. The van der Waals surface area contributed by atoms with Gasteiger partial charge in [-0.05, 0) is 53.6 Å². The Morgan fingerprint density at radius 3 is 2.14 bits per heavy atom. The lowest BCUT2D eigenvalue weighted by molar-refractivity contribution is 0.102. The summed E-state index contributed by atoms with van der Waals surface area (Å²) in [7, 11) is 5.53.